The van der Waals surface area contributed by atoms with Gasteiger partial charge < -0.3 is 5.11 Å². The van der Waals surface area contributed by atoms with Gasteiger partial charge in [-0.3, -0.25) is 4.79 Å². The Morgan fingerprint density at radius 1 is 1.47 bits per heavy atom. The zero-order chi connectivity index (χ0) is 12.4. The smallest absolute Gasteiger partial charge is 0.309 e. The number of carboxylic acid groups (broad SMARTS) is 1. The highest BCUT2D eigenvalue weighted by molar-refractivity contribution is 5.69. The molecule has 0 saturated carbocycles. The lowest BCUT2D eigenvalue weighted by molar-refractivity contribution is -0.136. The van der Waals surface area contributed by atoms with E-state index in [1.54, 1.807) is 31.3 Å². The summed E-state index contributed by atoms with van der Waals surface area (Å²) in [5, 5.41) is 12.7. The van der Waals surface area contributed by atoms with E-state index in [2.05, 4.69) is 5.10 Å². The van der Waals surface area contributed by atoms with Crippen molar-refractivity contribution in [3.63, 3.8) is 0 Å². The molecule has 0 amide bonds. The summed E-state index contributed by atoms with van der Waals surface area (Å²) >= 11 is 0. The summed E-state index contributed by atoms with van der Waals surface area (Å²) in [7, 11) is 0. The lowest BCUT2D eigenvalue weighted by Gasteiger charge is -2.03. The fraction of sp³-hybridized carbons (Fsp3) is 0.167. The summed E-state index contributed by atoms with van der Waals surface area (Å²) in [5.74, 6) is -1.20. The third-order valence-electron chi connectivity index (χ3n) is 2.38. The standard InChI is InChI=1S/C12H11FN2O2/c1-8-6-10(2-3-11(8)13)15-5-4-9(14-15)7-12(16)17/h2-6H,7H2,1H3,(H,16,17). The minimum Gasteiger partial charge on any atom is -0.481 e. The Bertz CT molecular complexity index is 563. The molecule has 0 bridgehead atoms. The van der Waals surface area contributed by atoms with Crippen molar-refractivity contribution >= 4 is 5.97 Å². The van der Waals surface area contributed by atoms with Gasteiger partial charge in [0.25, 0.3) is 0 Å². The topological polar surface area (TPSA) is 55.1 Å². The molecule has 1 N–H and O–H groups in total. The van der Waals surface area contributed by atoms with Crippen LogP contribution in [0.25, 0.3) is 5.69 Å². The van der Waals surface area contributed by atoms with Gasteiger partial charge in [-0.2, -0.15) is 5.10 Å². The first-order chi connectivity index (χ1) is 8.06. The van der Waals surface area contributed by atoms with Gasteiger partial charge in [0.15, 0.2) is 0 Å². The van der Waals surface area contributed by atoms with Crippen LogP contribution < -0.4 is 0 Å². The number of aromatic nitrogens is 2. The second kappa shape index (κ2) is 4.37. The highest BCUT2D eigenvalue weighted by atomic mass is 19.1. The maximum Gasteiger partial charge on any atom is 0.309 e. The number of carboxylic acids is 1. The van der Waals surface area contributed by atoms with E-state index in [0.29, 0.717) is 16.9 Å². The van der Waals surface area contributed by atoms with E-state index in [9.17, 15) is 9.18 Å². The Labute approximate surface area is 97.3 Å². The molecular weight excluding hydrogens is 223 g/mol. The monoisotopic (exact) mass is 234 g/mol. The van der Waals surface area contributed by atoms with Crippen LogP contribution >= 0.6 is 0 Å². The van der Waals surface area contributed by atoms with Crippen LogP contribution in [0.5, 0.6) is 0 Å². The summed E-state index contributed by atoms with van der Waals surface area (Å²) in [6.45, 7) is 1.67. The minimum absolute atomic E-state index is 0.118. The van der Waals surface area contributed by atoms with Crippen molar-refractivity contribution in [1.29, 1.82) is 0 Å². The molecular formula is C12H11FN2O2. The molecule has 1 heterocycles. The van der Waals surface area contributed by atoms with E-state index < -0.39 is 5.97 Å². The fourth-order valence-corrected chi connectivity index (χ4v) is 1.53. The van der Waals surface area contributed by atoms with E-state index in [1.165, 1.54) is 10.7 Å². The number of rotatable bonds is 3. The maximum atomic E-state index is 13.1. The Balaban J connectivity index is 2.30. The Hall–Kier alpha value is -2.17. The molecule has 0 saturated heterocycles. The number of aliphatic carboxylic acids is 1. The number of nitrogens with zero attached hydrogens (tertiary/aromatic N) is 2. The largest absolute Gasteiger partial charge is 0.481 e. The molecule has 0 atom stereocenters. The molecule has 0 spiro atoms. The van der Waals surface area contributed by atoms with Gasteiger partial charge in [-0.15, -0.1) is 0 Å². The second-order valence-corrected chi connectivity index (χ2v) is 3.76. The summed E-state index contributed by atoms with van der Waals surface area (Å²) in [6.07, 6.45) is 1.54. The zero-order valence-corrected chi connectivity index (χ0v) is 9.22. The van der Waals surface area contributed by atoms with Crippen molar-refractivity contribution in [2.24, 2.45) is 0 Å². The van der Waals surface area contributed by atoms with E-state index >= 15 is 0 Å². The van der Waals surface area contributed by atoms with Crippen molar-refractivity contribution in [2.75, 3.05) is 0 Å². The predicted molar refractivity (Wildman–Crippen MR) is 59.6 cm³/mol. The number of hydrogen-bond donors (Lipinski definition) is 1. The van der Waals surface area contributed by atoms with Crippen LogP contribution in [-0.4, -0.2) is 20.9 Å². The van der Waals surface area contributed by atoms with E-state index in [0.717, 1.165) is 0 Å². The SMILES string of the molecule is Cc1cc(-n2ccc(CC(=O)O)n2)ccc1F. The van der Waals surface area contributed by atoms with E-state index in [4.69, 9.17) is 5.11 Å². The highest BCUT2D eigenvalue weighted by Gasteiger charge is 2.06. The average Bonchev–Trinajstić information content (AvgIpc) is 2.69. The molecule has 0 aliphatic rings. The van der Waals surface area contributed by atoms with E-state index in [1.807, 2.05) is 0 Å². The van der Waals surface area contributed by atoms with Crippen LogP contribution in [0.15, 0.2) is 30.5 Å². The maximum absolute atomic E-state index is 13.1. The van der Waals surface area contributed by atoms with Gasteiger partial charge in [-0.1, -0.05) is 0 Å². The van der Waals surface area contributed by atoms with Crippen LogP contribution in [0, 0.1) is 12.7 Å². The third-order valence-corrected chi connectivity index (χ3v) is 2.38. The summed E-state index contributed by atoms with van der Waals surface area (Å²) in [4.78, 5) is 10.5. The van der Waals surface area contributed by atoms with Crippen LogP contribution in [0.2, 0.25) is 0 Å². The molecule has 1 aromatic heterocycles. The zero-order valence-electron chi connectivity index (χ0n) is 9.22. The molecule has 2 rings (SSSR count). The number of carbonyl (C=O) groups is 1. The van der Waals surface area contributed by atoms with Gasteiger partial charge in [-0.25, -0.2) is 9.07 Å². The minimum atomic E-state index is -0.925. The van der Waals surface area contributed by atoms with Crippen molar-refractivity contribution in [1.82, 2.24) is 9.78 Å². The van der Waals surface area contributed by atoms with Crippen LogP contribution in [-0.2, 0) is 11.2 Å². The Kier molecular flexibility index (Phi) is 2.91. The molecule has 17 heavy (non-hydrogen) atoms. The molecule has 0 aliphatic heterocycles. The highest BCUT2D eigenvalue weighted by Crippen LogP contribution is 2.13. The van der Waals surface area contributed by atoms with Crippen LogP contribution in [0.1, 0.15) is 11.3 Å². The summed E-state index contributed by atoms with van der Waals surface area (Å²) in [6, 6.07) is 6.25. The average molecular weight is 234 g/mol. The lowest BCUT2D eigenvalue weighted by Crippen LogP contribution is -2.02. The first-order valence-electron chi connectivity index (χ1n) is 5.09. The predicted octanol–water partition coefficient (Wildman–Crippen LogP) is 1.95. The van der Waals surface area contributed by atoms with Gasteiger partial charge in [-0.05, 0) is 36.8 Å². The number of benzene rings is 1. The van der Waals surface area contributed by atoms with Crippen molar-refractivity contribution in [3.8, 4) is 5.69 Å². The number of hydrogen-bond acceptors (Lipinski definition) is 2. The molecule has 4 nitrogen and oxygen atoms in total. The fourth-order valence-electron chi connectivity index (χ4n) is 1.53. The van der Waals surface area contributed by atoms with Gasteiger partial charge in [0, 0.05) is 6.20 Å². The molecule has 0 radical (unpaired) electrons. The Morgan fingerprint density at radius 3 is 2.88 bits per heavy atom. The second-order valence-electron chi connectivity index (χ2n) is 3.76. The lowest BCUT2D eigenvalue weighted by atomic mass is 10.2. The molecule has 0 unspecified atom stereocenters. The van der Waals surface area contributed by atoms with Crippen molar-refractivity contribution in [3.05, 3.63) is 47.5 Å². The molecule has 0 aliphatic carbocycles. The van der Waals surface area contributed by atoms with Crippen molar-refractivity contribution < 1.29 is 14.3 Å². The van der Waals surface area contributed by atoms with Gasteiger partial charge in [0.05, 0.1) is 17.8 Å². The molecule has 1 aromatic carbocycles. The third kappa shape index (κ3) is 2.50. The Morgan fingerprint density at radius 2 is 2.24 bits per heavy atom. The molecule has 5 heteroatoms. The molecule has 2 aromatic rings. The van der Waals surface area contributed by atoms with E-state index in [-0.39, 0.29) is 12.2 Å². The van der Waals surface area contributed by atoms with Gasteiger partial charge in [0.1, 0.15) is 5.82 Å². The van der Waals surface area contributed by atoms with Crippen LogP contribution in [0.3, 0.4) is 0 Å². The van der Waals surface area contributed by atoms with Crippen molar-refractivity contribution in [2.45, 2.75) is 13.3 Å². The normalized spacial score (nSPS) is 10.5. The summed E-state index contributed by atoms with van der Waals surface area (Å²) in [5.41, 5.74) is 1.71. The van der Waals surface area contributed by atoms with Crippen LogP contribution in [0.4, 0.5) is 4.39 Å². The van der Waals surface area contributed by atoms with Gasteiger partial charge in [0.2, 0.25) is 0 Å². The first kappa shape index (κ1) is 11.3. The number of aryl methyl sites for hydroxylation is 1. The quantitative estimate of drug-likeness (QED) is 0.883. The molecule has 0 fully saturated rings. The summed E-state index contributed by atoms with van der Waals surface area (Å²) < 4.78 is 14.6. The first-order valence-corrected chi connectivity index (χ1v) is 5.09. The molecule has 88 valence electrons. The number of halogens is 1. The van der Waals surface area contributed by atoms with Gasteiger partial charge >= 0.3 is 5.97 Å².